The maximum atomic E-state index is 6.61. The van der Waals surface area contributed by atoms with Crippen LogP contribution in [0.3, 0.4) is 0 Å². The Labute approximate surface area is 254 Å². The first-order valence-electron chi connectivity index (χ1n) is 14.3. The molecular weight excluding hydrogens is 686 g/mol. The molecule has 0 heterocycles. The van der Waals surface area contributed by atoms with E-state index in [1.807, 2.05) is 0 Å². The SMILES string of the molecule is CCCC(C)CCCC(OCc1ccccc1I)OC(CCCC(C)CCC)OCc1ccccc1I. The van der Waals surface area contributed by atoms with Gasteiger partial charge in [-0.15, -0.1) is 0 Å². The van der Waals surface area contributed by atoms with Crippen molar-refractivity contribution in [2.24, 2.45) is 11.8 Å². The Morgan fingerprint density at radius 1 is 0.595 bits per heavy atom. The number of halogens is 2. The van der Waals surface area contributed by atoms with Crippen molar-refractivity contribution in [3.8, 4) is 0 Å². The van der Waals surface area contributed by atoms with Crippen LogP contribution in [0, 0.1) is 19.0 Å². The lowest BCUT2D eigenvalue weighted by Crippen LogP contribution is -2.27. The molecule has 0 fully saturated rings. The number of rotatable bonds is 20. The van der Waals surface area contributed by atoms with Gasteiger partial charge >= 0.3 is 0 Å². The summed E-state index contributed by atoms with van der Waals surface area (Å²) in [5.41, 5.74) is 2.42. The van der Waals surface area contributed by atoms with E-state index in [0.29, 0.717) is 13.2 Å². The maximum absolute atomic E-state index is 6.61. The molecule has 0 aromatic heterocycles. The second-order valence-electron chi connectivity index (χ2n) is 10.4. The molecule has 0 aliphatic carbocycles. The molecule has 0 aliphatic heterocycles. The summed E-state index contributed by atoms with van der Waals surface area (Å²) in [7, 11) is 0. The first-order chi connectivity index (χ1) is 17.9. The topological polar surface area (TPSA) is 27.7 Å². The molecule has 37 heavy (non-hydrogen) atoms. The van der Waals surface area contributed by atoms with E-state index < -0.39 is 0 Å². The molecule has 0 spiro atoms. The fraction of sp³-hybridized carbons (Fsp3) is 0.625. The summed E-state index contributed by atoms with van der Waals surface area (Å²) in [6, 6.07) is 16.8. The highest BCUT2D eigenvalue weighted by Gasteiger charge is 2.20. The van der Waals surface area contributed by atoms with Gasteiger partial charge < -0.3 is 14.2 Å². The van der Waals surface area contributed by atoms with Gasteiger partial charge in [0, 0.05) is 7.14 Å². The monoisotopic (exact) mass is 734 g/mol. The van der Waals surface area contributed by atoms with Crippen LogP contribution in [-0.4, -0.2) is 12.6 Å². The molecule has 0 saturated heterocycles. The van der Waals surface area contributed by atoms with E-state index in [-0.39, 0.29) is 12.6 Å². The summed E-state index contributed by atoms with van der Waals surface area (Å²) in [5.74, 6) is 1.49. The van der Waals surface area contributed by atoms with Gasteiger partial charge in [0.15, 0.2) is 12.6 Å². The number of hydrogen-bond acceptors (Lipinski definition) is 3. The Morgan fingerprint density at radius 3 is 1.38 bits per heavy atom. The van der Waals surface area contributed by atoms with Gasteiger partial charge in [-0.3, -0.25) is 0 Å². The van der Waals surface area contributed by atoms with Crippen molar-refractivity contribution in [3.63, 3.8) is 0 Å². The first kappa shape index (κ1) is 33.0. The fourth-order valence-electron chi connectivity index (χ4n) is 4.69. The van der Waals surface area contributed by atoms with Crippen LogP contribution in [0.5, 0.6) is 0 Å². The normalized spacial score (nSPS) is 14.9. The third-order valence-corrected chi connectivity index (χ3v) is 9.01. The van der Waals surface area contributed by atoms with Crippen molar-refractivity contribution >= 4 is 45.2 Å². The lowest BCUT2D eigenvalue weighted by molar-refractivity contribution is -0.257. The lowest BCUT2D eigenvalue weighted by atomic mass is 9.99. The van der Waals surface area contributed by atoms with Gasteiger partial charge in [0.05, 0.1) is 13.2 Å². The summed E-state index contributed by atoms with van der Waals surface area (Å²) in [5, 5.41) is 0. The average Bonchev–Trinajstić information content (AvgIpc) is 2.87. The Balaban J connectivity index is 2.05. The van der Waals surface area contributed by atoms with Gasteiger partial charge in [-0.05, 0) is 106 Å². The molecule has 0 amide bonds. The van der Waals surface area contributed by atoms with Gasteiger partial charge in [0.25, 0.3) is 0 Å². The average molecular weight is 735 g/mol. The maximum Gasteiger partial charge on any atom is 0.161 e. The van der Waals surface area contributed by atoms with Crippen LogP contribution in [0.1, 0.15) is 103 Å². The Morgan fingerprint density at radius 2 is 1.00 bits per heavy atom. The van der Waals surface area contributed by atoms with Crippen LogP contribution in [-0.2, 0) is 27.4 Å². The van der Waals surface area contributed by atoms with Crippen LogP contribution >= 0.6 is 45.2 Å². The van der Waals surface area contributed by atoms with Gasteiger partial charge in [-0.1, -0.05) is 103 Å². The van der Waals surface area contributed by atoms with Crippen molar-refractivity contribution in [2.45, 2.75) is 118 Å². The van der Waals surface area contributed by atoms with E-state index in [1.54, 1.807) is 0 Å². The van der Waals surface area contributed by atoms with Gasteiger partial charge in [0.1, 0.15) is 0 Å². The fourth-order valence-corrected chi connectivity index (χ4v) is 5.77. The molecule has 4 unspecified atom stereocenters. The van der Waals surface area contributed by atoms with Crippen LogP contribution in [0.25, 0.3) is 0 Å². The van der Waals surface area contributed by atoms with E-state index in [1.165, 1.54) is 56.8 Å². The van der Waals surface area contributed by atoms with Crippen molar-refractivity contribution in [1.29, 1.82) is 0 Å². The molecule has 5 heteroatoms. The highest BCUT2D eigenvalue weighted by atomic mass is 127. The van der Waals surface area contributed by atoms with Crippen LogP contribution in [0.15, 0.2) is 48.5 Å². The minimum absolute atomic E-state index is 0.266. The molecule has 0 bridgehead atoms. The van der Waals surface area contributed by atoms with Crippen molar-refractivity contribution in [2.75, 3.05) is 0 Å². The third kappa shape index (κ3) is 14.1. The second-order valence-corrected chi connectivity index (χ2v) is 12.8. The molecule has 0 N–H and O–H groups in total. The second kappa shape index (κ2) is 19.8. The highest BCUT2D eigenvalue weighted by Crippen LogP contribution is 2.23. The number of ether oxygens (including phenoxy) is 3. The molecule has 4 atom stereocenters. The molecule has 3 nitrogen and oxygen atoms in total. The smallest absolute Gasteiger partial charge is 0.161 e. The summed E-state index contributed by atoms with van der Waals surface area (Å²) >= 11 is 4.77. The van der Waals surface area contributed by atoms with E-state index >= 15 is 0 Å². The zero-order valence-electron chi connectivity index (χ0n) is 23.4. The van der Waals surface area contributed by atoms with Crippen LogP contribution in [0.2, 0.25) is 0 Å². The molecule has 2 rings (SSSR count). The molecule has 2 aromatic carbocycles. The molecule has 0 radical (unpaired) electrons. The largest absolute Gasteiger partial charge is 0.348 e. The Bertz CT molecular complexity index is 790. The van der Waals surface area contributed by atoms with Crippen LogP contribution in [0.4, 0.5) is 0 Å². The highest BCUT2D eigenvalue weighted by molar-refractivity contribution is 14.1. The van der Waals surface area contributed by atoms with Gasteiger partial charge in [-0.2, -0.15) is 0 Å². The van der Waals surface area contributed by atoms with Gasteiger partial charge in [0.2, 0.25) is 0 Å². The Hall–Kier alpha value is -0.220. The summed E-state index contributed by atoms with van der Waals surface area (Å²) in [6.45, 7) is 10.4. The molecule has 0 saturated carbocycles. The minimum atomic E-state index is -0.266. The zero-order chi connectivity index (χ0) is 26.9. The molecule has 0 aliphatic rings. The van der Waals surface area contributed by atoms with Crippen molar-refractivity contribution < 1.29 is 14.2 Å². The molecule has 208 valence electrons. The van der Waals surface area contributed by atoms with Crippen LogP contribution < -0.4 is 0 Å². The lowest BCUT2D eigenvalue weighted by Gasteiger charge is -2.26. The number of benzene rings is 2. The number of hydrogen-bond donors (Lipinski definition) is 0. The quantitative estimate of drug-likeness (QED) is 0.100. The minimum Gasteiger partial charge on any atom is -0.348 e. The molecular formula is C32H48I2O3. The van der Waals surface area contributed by atoms with E-state index in [4.69, 9.17) is 14.2 Å². The van der Waals surface area contributed by atoms with E-state index in [2.05, 4.69) is 121 Å². The first-order valence-corrected chi connectivity index (χ1v) is 16.4. The third-order valence-electron chi connectivity index (χ3n) is 6.91. The predicted octanol–water partition coefficient (Wildman–Crippen LogP) is 10.5. The molecule has 2 aromatic rings. The Kier molecular flexibility index (Phi) is 17.6. The van der Waals surface area contributed by atoms with E-state index in [0.717, 1.165) is 37.5 Å². The summed E-state index contributed by atoms with van der Waals surface area (Å²) in [6.07, 6.45) is 10.9. The summed E-state index contributed by atoms with van der Waals surface area (Å²) < 4.78 is 21.9. The standard InChI is InChI=1S/C32H48I2O3/c1-5-13-25(3)15-11-21-31(35-23-27-17-7-9-19-29(27)33)37-32(22-12-16-26(4)14-6-2)36-24-28-18-8-10-20-30(28)34/h7-10,17-20,25-26,31-32H,5-6,11-16,21-24H2,1-4H3. The van der Waals surface area contributed by atoms with E-state index in [9.17, 15) is 0 Å². The summed E-state index contributed by atoms with van der Waals surface area (Å²) in [4.78, 5) is 0. The van der Waals surface area contributed by atoms with Gasteiger partial charge in [-0.25, -0.2) is 0 Å². The predicted molar refractivity (Wildman–Crippen MR) is 172 cm³/mol. The van der Waals surface area contributed by atoms with Crippen molar-refractivity contribution in [1.82, 2.24) is 0 Å². The van der Waals surface area contributed by atoms with Crippen molar-refractivity contribution in [3.05, 3.63) is 66.8 Å². The zero-order valence-corrected chi connectivity index (χ0v) is 27.7.